The molecule has 0 N–H and O–H groups in total. The lowest BCUT2D eigenvalue weighted by molar-refractivity contribution is 0.702. The van der Waals surface area contributed by atoms with Crippen LogP contribution in [0.2, 0.25) is 0 Å². The first-order valence-electron chi connectivity index (χ1n) is 6.08. The van der Waals surface area contributed by atoms with Gasteiger partial charge in [0.05, 0.1) is 0 Å². The van der Waals surface area contributed by atoms with E-state index < -0.39 is 0 Å². The molecule has 1 saturated carbocycles. The summed E-state index contributed by atoms with van der Waals surface area (Å²) >= 11 is 2.09. The Kier molecular flexibility index (Phi) is 4.13. The summed E-state index contributed by atoms with van der Waals surface area (Å²) in [4.78, 5) is 1.45. The van der Waals surface area contributed by atoms with Crippen molar-refractivity contribution in [2.75, 3.05) is 0 Å². The van der Waals surface area contributed by atoms with Gasteiger partial charge in [-0.1, -0.05) is 43.4 Å². The lowest BCUT2D eigenvalue weighted by Crippen LogP contribution is -1.99. The maximum atomic E-state index is 2.27. The molecule has 0 radical (unpaired) electrons. The molecule has 0 bridgehead atoms. The average molecular weight is 220 g/mol. The molecule has 1 aliphatic rings. The first-order valence-corrected chi connectivity index (χ1v) is 6.96. The lowest BCUT2D eigenvalue weighted by atomic mass is 10.2. The molecule has 1 fully saturated rings. The van der Waals surface area contributed by atoms with Gasteiger partial charge in [-0.2, -0.15) is 0 Å². The van der Waals surface area contributed by atoms with E-state index in [1.54, 1.807) is 0 Å². The van der Waals surface area contributed by atoms with E-state index in [4.69, 9.17) is 0 Å². The molecule has 0 nitrogen and oxygen atoms in total. The largest absolute Gasteiger partial charge is 0.123 e. The summed E-state index contributed by atoms with van der Waals surface area (Å²) in [6, 6.07) is 8.98. The van der Waals surface area contributed by atoms with E-state index in [-0.39, 0.29) is 0 Å². The molecule has 1 aromatic carbocycles. The Morgan fingerprint density at radius 2 is 1.53 bits per heavy atom. The van der Waals surface area contributed by atoms with Crippen molar-refractivity contribution in [3.05, 3.63) is 29.8 Å². The predicted molar refractivity (Wildman–Crippen MR) is 68.5 cm³/mol. The molecule has 0 aliphatic heterocycles. The highest BCUT2D eigenvalue weighted by Gasteiger charge is 2.12. The van der Waals surface area contributed by atoms with Gasteiger partial charge in [-0.05, 0) is 31.9 Å². The lowest BCUT2D eigenvalue weighted by Gasteiger charge is -2.13. The van der Waals surface area contributed by atoms with E-state index in [1.165, 1.54) is 49.0 Å². The van der Waals surface area contributed by atoms with Gasteiger partial charge in [-0.25, -0.2) is 0 Å². The highest BCUT2D eigenvalue weighted by Crippen LogP contribution is 2.32. The summed E-state index contributed by atoms with van der Waals surface area (Å²) in [5, 5.41) is 0.871. The zero-order chi connectivity index (χ0) is 10.5. The van der Waals surface area contributed by atoms with Crippen LogP contribution in [0.15, 0.2) is 29.2 Å². The molecule has 0 aromatic heterocycles. The molecule has 0 saturated heterocycles. The van der Waals surface area contributed by atoms with E-state index >= 15 is 0 Å². The number of rotatable bonds is 2. The molecule has 0 atom stereocenters. The van der Waals surface area contributed by atoms with Crippen molar-refractivity contribution < 1.29 is 0 Å². The van der Waals surface area contributed by atoms with Gasteiger partial charge in [0.1, 0.15) is 0 Å². The molecule has 0 heterocycles. The summed E-state index contributed by atoms with van der Waals surface area (Å²) in [5.41, 5.74) is 1.36. The van der Waals surface area contributed by atoms with Gasteiger partial charge in [-0.3, -0.25) is 0 Å². The normalized spacial score (nSPS) is 18.7. The molecule has 2 rings (SSSR count). The summed E-state index contributed by atoms with van der Waals surface area (Å²) in [7, 11) is 0. The monoisotopic (exact) mass is 220 g/mol. The van der Waals surface area contributed by atoms with Gasteiger partial charge in [0.2, 0.25) is 0 Å². The first kappa shape index (κ1) is 11.1. The third-order valence-corrected chi connectivity index (χ3v) is 4.48. The average Bonchev–Trinajstić information content (AvgIpc) is 2.50. The standard InChI is InChI=1S/C14H20S/c1-12-8-10-14(11-9-12)15-13-6-4-2-3-5-7-13/h8-11,13H,2-7H2,1H3. The van der Waals surface area contributed by atoms with Crippen LogP contribution >= 0.6 is 11.8 Å². The van der Waals surface area contributed by atoms with Crippen molar-refractivity contribution in [3.63, 3.8) is 0 Å². The Bertz CT molecular complexity index is 281. The second-order valence-electron chi connectivity index (χ2n) is 4.54. The molecule has 15 heavy (non-hydrogen) atoms. The topological polar surface area (TPSA) is 0 Å². The number of benzene rings is 1. The van der Waals surface area contributed by atoms with Gasteiger partial charge in [-0.15, -0.1) is 11.8 Å². The summed E-state index contributed by atoms with van der Waals surface area (Å²) in [6.45, 7) is 2.15. The molecule has 82 valence electrons. The van der Waals surface area contributed by atoms with Crippen LogP contribution in [0.25, 0.3) is 0 Å². The Balaban J connectivity index is 1.92. The van der Waals surface area contributed by atoms with E-state index in [1.807, 2.05) is 0 Å². The maximum Gasteiger partial charge on any atom is 0.00944 e. The van der Waals surface area contributed by atoms with Gasteiger partial charge in [0.25, 0.3) is 0 Å². The van der Waals surface area contributed by atoms with Crippen LogP contribution in [0.3, 0.4) is 0 Å². The van der Waals surface area contributed by atoms with Crippen molar-refractivity contribution >= 4 is 11.8 Å². The zero-order valence-electron chi connectivity index (χ0n) is 9.54. The number of aryl methyl sites for hydroxylation is 1. The molecular formula is C14H20S. The van der Waals surface area contributed by atoms with Crippen molar-refractivity contribution in [1.29, 1.82) is 0 Å². The fourth-order valence-electron chi connectivity index (χ4n) is 2.17. The van der Waals surface area contributed by atoms with E-state index in [0.717, 1.165) is 5.25 Å². The number of thioether (sulfide) groups is 1. The predicted octanol–water partition coefficient (Wildman–Crippen LogP) is 4.81. The van der Waals surface area contributed by atoms with Gasteiger partial charge >= 0.3 is 0 Å². The van der Waals surface area contributed by atoms with E-state index in [2.05, 4.69) is 43.0 Å². The smallest absolute Gasteiger partial charge is 0.00944 e. The van der Waals surface area contributed by atoms with Crippen molar-refractivity contribution in [1.82, 2.24) is 0 Å². The van der Waals surface area contributed by atoms with E-state index in [9.17, 15) is 0 Å². The fourth-order valence-corrected chi connectivity index (χ4v) is 3.42. The minimum absolute atomic E-state index is 0.871. The molecule has 1 aliphatic carbocycles. The Morgan fingerprint density at radius 1 is 0.933 bits per heavy atom. The van der Waals surface area contributed by atoms with Crippen molar-refractivity contribution in [2.24, 2.45) is 0 Å². The van der Waals surface area contributed by atoms with E-state index in [0.29, 0.717) is 0 Å². The molecule has 0 unspecified atom stereocenters. The van der Waals surface area contributed by atoms with Crippen LogP contribution in [-0.4, -0.2) is 5.25 Å². The third-order valence-electron chi connectivity index (χ3n) is 3.13. The summed E-state index contributed by atoms with van der Waals surface area (Å²) < 4.78 is 0. The molecule has 1 heteroatoms. The van der Waals surface area contributed by atoms with Crippen LogP contribution < -0.4 is 0 Å². The fraction of sp³-hybridized carbons (Fsp3) is 0.571. The van der Waals surface area contributed by atoms with Crippen LogP contribution in [0.5, 0.6) is 0 Å². The van der Waals surface area contributed by atoms with Crippen LogP contribution in [0, 0.1) is 6.92 Å². The first-order chi connectivity index (χ1) is 7.34. The molecule has 0 amide bonds. The molecule has 0 spiro atoms. The number of hydrogen-bond donors (Lipinski definition) is 0. The number of hydrogen-bond acceptors (Lipinski definition) is 1. The second-order valence-corrected chi connectivity index (χ2v) is 5.92. The second kappa shape index (κ2) is 5.60. The Hall–Kier alpha value is -0.430. The summed E-state index contributed by atoms with van der Waals surface area (Å²) in [5.74, 6) is 0. The minimum Gasteiger partial charge on any atom is -0.123 e. The minimum atomic E-state index is 0.871. The summed E-state index contributed by atoms with van der Waals surface area (Å²) in [6.07, 6.45) is 8.60. The van der Waals surface area contributed by atoms with Gasteiger partial charge in [0, 0.05) is 10.1 Å². The quantitative estimate of drug-likeness (QED) is 0.644. The molecular weight excluding hydrogens is 200 g/mol. The molecule has 1 aromatic rings. The van der Waals surface area contributed by atoms with Gasteiger partial charge < -0.3 is 0 Å². The zero-order valence-corrected chi connectivity index (χ0v) is 10.4. The highest BCUT2D eigenvalue weighted by atomic mass is 32.2. The highest BCUT2D eigenvalue weighted by molar-refractivity contribution is 8.00. The van der Waals surface area contributed by atoms with Crippen molar-refractivity contribution in [3.8, 4) is 0 Å². The van der Waals surface area contributed by atoms with Crippen LogP contribution in [-0.2, 0) is 0 Å². The van der Waals surface area contributed by atoms with Crippen LogP contribution in [0.4, 0.5) is 0 Å². The van der Waals surface area contributed by atoms with Crippen molar-refractivity contribution in [2.45, 2.75) is 55.6 Å². The van der Waals surface area contributed by atoms with Crippen LogP contribution in [0.1, 0.15) is 44.1 Å². The Morgan fingerprint density at radius 3 is 2.13 bits per heavy atom. The SMILES string of the molecule is Cc1ccc(SC2CCCCCC2)cc1. The Labute approximate surface area is 97.5 Å². The van der Waals surface area contributed by atoms with Gasteiger partial charge in [0.15, 0.2) is 0 Å². The third kappa shape index (κ3) is 3.57. The maximum absolute atomic E-state index is 2.27.